The highest BCUT2D eigenvalue weighted by molar-refractivity contribution is 7.19. The summed E-state index contributed by atoms with van der Waals surface area (Å²) < 4.78 is 40.4. The van der Waals surface area contributed by atoms with Gasteiger partial charge in [0.2, 0.25) is 0 Å². The van der Waals surface area contributed by atoms with Gasteiger partial charge < -0.3 is 10.6 Å². The van der Waals surface area contributed by atoms with E-state index in [2.05, 4.69) is 15.6 Å². The molecule has 2 aromatic carbocycles. The molecule has 2 heterocycles. The van der Waals surface area contributed by atoms with Crippen molar-refractivity contribution in [1.29, 1.82) is 0 Å². The summed E-state index contributed by atoms with van der Waals surface area (Å²) in [7, 11) is 0. The van der Waals surface area contributed by atoms with E-state index in [9.17, 15) is 27.6 Å². The molecule has 0 fully saturated rings. The minimum Gasteiger partial charge on any atom is -0.321 e. The zero-order valence-electron chi connectivity index (χ0n) is 19.6. The Balaban J connectivity index is 1.80. The van der Waals surface area contributed by atoms with E-state index < -0.39 is 29.1 Å². The average Bonchev–Trinajstić information content (AvgIpc) is 3.21. The number of thiazole rings is 1. The first-order valence-electron chi connectivity index (χ1n) is 11.1. The molecule has 0 atom stereocenters. The highest BCUT2D eigenvalue weighted by Crippen LogP contribution is 2.31. The fraction of sp³-hybridized carbons (Fsp3) is 0.200. The zero-order valence-corrected chi connectivity index (χ0v) is 21.1. The number of carbonyl (C=O) groups is 2. The molecule has 0 saturated heterocycles. The lowest BCUT2D eigenvalue weighted by Gasteiger charge is -2.11. The van der Waals surface area contributed by atoms with Crippen molar-refractivity contribution in [3.63, 3.8) is 0 Å². The summed E-state index contributed by atoms with van der Waals surface area (Å²) in [4.78, 5) is 44.0. The molecule has 0 spiro atoms. The quantitative estimate of drug-likeness (QED) is 0.300. The van der Waals surface area contributed by atoms with Gasteiger partial charge in [0.15, 0.2) is 4.96 Å². The topological polar surface area (TPSA) is 92.6 Å². The molecule has 4 rings (SSSR count). The summed E-state index contributed by atoms with van der Waals surface area (Å²) in [5, 5.41) is 5.55. The summed E-state index contributed by atoms with van der Waals surface area (Å²) >= 11 is 6.82. The molecule has 37 heavy (non-hydrogen) atoms. The van der Waals surface area contributed by atoms with Gasteiger partial charge in [-0.1, -0.05) is 42.3 Å². The number of nitrogens with zero attached hydrogens (tertiary/aromatic N) is 2. The summed E-state index contributed by atoms with van der Waals surface area (Å²) in [6.07, 6.45) is -3.38. The Labute approximate surface area is 217 Å². The van der Waals surface area contributed by atoms with Crippen LogP contribution in [0.15, 0.2) is 53.3 Å². The van der Waals surface area contributed by atoms with Crippen LogP contribution in [0.1, 0.15) is 50.3 Å². The lowest BCUT2D eigenvalue weighted by molar-refractivity contribution is -0.137. The Morgan fingerprint density at radius 3 is 2.51 bits per heavy atom. The van der Waals surface area contributed by atoms with Crippen molar-refractivity contribution in [2.45, 2.75) is 32.9 Å². The number of anilines is 2. The molecule has 0 aliphatic heterocycles. The molecular formula is C25H20ClF3N4O3S. The van der Waals surface area contributed by atoms with Crippen LogP contribution in [-0.2, 0) is 12.6 Å². The SMILES string of the molecule is CCCc1cc(=O)n2c(C(=O)Nc3cccc(C(F)(F)F)c3)c(C(=O)Nc3ccc(Cl)cc3C)sc2n1. The van der Waals surface area contributed by atoms with Crippen LogP contribution in [0, 0.1) is 6.92 Å². The first-order valence-corrected chi connectivity index (χ1v) is 12.3. The number of carbonyl (C=O) groups excluding carboxylic acids is 2. The molecule has 7 nitrogen and oxygen atoms in total. The van der Waals surface area contributed by atoms with Crippen molar-refractivity contribution in [3.05, 3.63) is 91.3 Å². The molecule has 4 aromatic rings. The number of amides is 2. The van der Waals surface area contributed by atoms with Crippen molar-refractivity contribution in [1.82, 2.24) is 9.38 Å². The summed E-state index contributed by atoms with van der Waals surface area (Å²) in [5.74, 6) is -1.62. The molecular weight excluding hydrogens is 529 g/mol. The fourth-order valence-corrected chi connectivity index (χ4v) is 4.94. The second kappa shape index (κ2) is 10.3. The third-order valence-electron chi connectivity index (χ3n) is 5.38. The van der Waals surface area contributed by atoms with Gasteiger partial charge in [-0.05, 0) is 55.3 Å². The maximum absolute atomic E-state index is 13.3. The number of rotatable bonds is 6. The van der Waals surface area contributed by atoms with E-state index >= 15 is 0 Å². The van der Waals surface area contributed by atoms with Crippen molar-refractivity contribution < 1.29 is 22.8 Å². The predicted molar refractivity (Wildman–Crippen MR) is 137 cm³/mol. The monoisotopic (exact) mass is 548 g/mol. The summed E-state index contributed by atoms with van der Waals surface area (Å²) in [6.45, 7) is 3.65. The highest BCUT2D eigenvalue weighted by Gasteiger charge is 2.31. The molecule has 2 amide bonds. The Kier molecular flexibility index (Phi) is 7.37. The third-order valence-corrected chi connectivity index (χ3v) is 6.66. The predicted octanol–water partition coefficient (Wildman–Crippen LogP) is 6.19. The molecule has 2 N–H and O–H groups in total. The Morgan fingerprint density at radius 1 is 1.08 bits per heavy atom. The van der Waals surface area contributed by atoms with Crippen LogP contribution in [0.4, 0.5) is 24.5 Å². The molecule has 0 aliphatic rings. The largest absolute Gasteiger partial charge is 0.416 e. The summed E-state index contributed by atoms with van der Waals surface area (Å²) in [6, 6.07) is 10.2. The molecule has 0 unspecified atom stereocenters. The molecule has 2 aromatic heterocycles. The van der Waals surface area contributed by atoms with Crippen molar-refractivity contribution in [2.24, 2.45) is 0 Å². The number of benzene rings is 2. The van der Waals surface area contributed by atoms with Gasteiger partial charge in [-0.2, -0.15) is 13.2 Å². The van der Waals surface area contributed by atoms with E-state index in [0.29, 0.717) is 28.4 Å². The van der Waals surface area contributed by atoms with Crippen LogP contribution in [0.3, 0.4) is 0 Å². The van der Waals surface area contributed by atoms with Crippen LogP contribution in [-0.4, -0.2) is 21.2 Å². The molecule has 0 saturated carbocycles. The van der Waals surface area contributed by atoms with Crippen LogP contribution in [0.5, 0.6) is 0 Å². The zero-order chi connectivity index (χ0) is 26.9. The average molecular weight is 549 g/mol. The maximum atomic E-state index is 13.3. The van der Waals surface area contributed by atoms with Crippen molar-refractivity contribution in [2.75, 3.05) is 10.6 Å². The second-order valence-corrected chi connectivity index (χ2v) is 9.59. The minimum absolute atomic E-state index is 0.114. The van der Waals surface area contributed by atoms with Crippen molar-refractivity contribution >= 4 is 51.1 Å². The van der Waals surface area contributed by atoms with Crippen LogP contribution >= 0.6 is 22.9 Å². The van der Waals surface area contributed by atoms with E-state index in [4.69, 9.17) is 11.6 Å². The second-order valence-electron chi connectivity index (χ2n) is 8.18. The number of hydrogen-bond donors (Lipinski definition) is 2. The van der Waals surface area contributed by atoms with Gasteiger partial charge in [-0.15, -0.1) is 0 Å². The van der Waals surface area contributed by atoms with E-state index in [1.54, 1.807) is 25.1 Å². The molecule has 192 valence electrons. The maximum Gasteiger partial charge on any atom is 0.416 e. The highest BCUT2D eigenvalue weighted by atomic mass is 35.5. The van der Waals surface area contributed by atoms with Crippen LogP contribution < -0.4 is 16.2 Å². The molecule has 0 radical (unpaired) electrons. The van der Waals surface area contributed by atoms with E-state index in [1.807, 2.05) is 6.92 Å². The van der Waals surface area contributed by atoms with E-state index in [-0.39, 0.29) is 21.2 Å². The normalized spacial score (nSPS) is 11.5. The number of hydrogen-bond acceptors (Lipinski definition) is 5. The minimum atomic E-state index is -4.62. The van der Waals surface area contributed by atoms with Gasteiger partial charge in [0, 0.05) is 28.2 Å². The van der Waals surface area contributed by atoms with Crippen LogP contribution in [0.25, 0.3) is 4.96 Å². The number of nitrogens with one attached hydrogen (secondary N) is 2. The smallest absolute Gasteiger partial charge is 0.321 e. The first kappa shape index (κ1) is 26.4. The number of aryl methyl sites for hydroxylation is 2. The Bertz CT molecular complexity index is 1580. The number of halogens is 4. The fourth-order valence-electron chi connectivity index (χ4n) is 3.67. The molecule has 0 aliphatic carbocycles. The first-order chi connectivity index (χ1) is 17.5. The third kappa shape index (κ3) is 5.67. The number of fused-ring (bicyclic) bond motifs is 1. The van der Waals surface area contributed by atoms with Crippen LogP contribution in [0.2, 0.25) is 5.02 Å². The Morgan fingerprint density at radius 2 is 1.84 bits per heavy atom. The molecule has 12 heteroatoms. The van der Waals surface area contributed by atoms with Gasteiger partial charge in [-0.25, -0.2) is 9.38 Å². The van der Waals surface area contributed by atoms with Crippen molar-refractivity contribution in [3.8, 4) is 0 Å². The lowest BCUT2D eigenvalue weighted by Crippen LogP contribution is -2.25. The molecule has 0 bridgehead atoms. The standard InChI is InChI=1S/C25H20ClF3N4O3S/c1-3-5-16-12-19(34)33-20(22(35)30-17-7-4-6-14(11-17)25(27,28)29)21(37-24(33)31-16)23(36)32-18-9-8-15(26)10-13(18)2/h4,6-12H,3,5H2,1-2H3,(H,30,35)(H,32,36). The van der Waals surface area contributed by atoms with Gasteiger partial charge in [0.05, 0.1) is 5.56 Å². The number of alkyl halides is 3. The van der Waals surface area contributed by atoms with E-state index in [0.717, 1.165) is 40.4 Å². The van der Waals surface area contributed by atoms with E-state index in [1.165, 1.54) is 12.1 Å². The Hall–Kier alpha value is -3.70. The van der Waals surface area contributed by atoms with Gasteiger partial charge in [0.1, 0.15) is 10.6 Å². The van der Waals surface area contributed by atoms with Gasteiger partial charge in [0.25, 0.3) is 17.4 Å². The summed E-state index contributed by atoms with van der Waals surface area (Å²) in [5.41, 5.74) is -0.426. The van der Waals surface area contributed by atoms with Gasteiger partial charge in [-0.3, -0.25) is 14.4 Å². The lowest BCUT2D eigenvalue weighted by atomic mass is 10.2. The van der Waals surface area contributed by atoms with Gasteiger partial charge >= 0.3 is 6.18 Å². The number of aromatic nitrogens is 2.